The van der Waals surface area contributed by atoms with E-state index in [9.17, 15) is 0 Å². The van der Waals surface area contributed by atoms with Gasteiger partial charge in [-0.25, -0.2) is 4.98 Å². The zero-order valence-corrected chi connectivity index (χ0v) is 10.8. The zero-order valence-electron chi connectivity index (χ0n) is 10.8. The quantitative estimate of drug-likeness (QED) is 0.824. The van der Waals surface area contributed by atoms with Crippen LogP contribution in [0.3, 0.4) is 0 Å². The third kappa shape index (κ3) is 1.80. The molecule has 4 heterocycles. The molecule has 2 aliphatic rings. The van der Waals surface area contributed by atoms with Gasteiger partial charge >= 0.3 is 0 Å². The molecule has 19 heavy (non-hydrogen) atoms. The Morgan fingerprint density at radius 3 is 2.47 bits per heavy atom. The molecule has 2 bridgehead atoms. The highest BCUT2D eigenvalue weighted by Crippen LogP contribution is 2.42. The van der Waals surface area contributed by atoms with E-state index in [0.29, 0.717) is 18.1 Å². The van der Waals surface area contributed by atoms with Crippen molar-refractivity contribution in [3.8, 4) is 0 Å². The van der Waals surface area contributed by atoms with Crippen molar-refractivity contribution < 1.29 is 0 Å². The first-order valence-corrected chi connectivity index (χ1v) is 6.95. The maximum atomic E-state index is 4.47. The average molecular weight is 255 g/mol. The number of anilines is 1. The van der Waals surface area contributed by atoms with Gasteiger partial charge in [0.05, 0.1) is 12.2 Å². The van der Waals surface area contributed by atoms with Crippen molar-refractivity contribution in [2.24, 2.45) is 0 Å². The van der Waals surface area contributed by atoms with Gasteiger partial charge in [0.25, 0.3) is 0 Å². The summed E-state index contributed by atoms with van der Waals surface area (Å²) in [5, 5.41) is 4.40. The van der Waals surface area contributed by atoms with Crippen molar-refractivity contribution in [3.05, 3.63) is 37.1 Å². The maximum absolute atomic E-state index is 4.47. The minimum absolute atomic E-state index is 0.542. The van der Waals surface area contributed by atoms with Crippen LogP contribution in [0, 0.1) is 0 Å². The lowest BCUT2D eigenvalue weighted by molar-refractivity contribution is 0.313. The molecule has 98 valence electrons. The van der Waals surface area contributed by atoms with Crippen LogP contribution in [0.25, 0.3) is 0 Å². The number of hydrogen-bond donors (Lipinski definition) is 0. The van der Waals surface area contributed by atoms with E-state index < -0.39 is 0 Å². The fraction of sp³-hybridized carbons (Fsp3) is 0.500. The van der Waals surface area contributed by atoms with Crippen LogP contribution in [0.4, 0.5) is 5.82 Å². The normalized spacial score (nSPS) is 29.7. The lowest BCUT2D eigenvalue weighted by atomic mass is 9.97. The molecular weight excluding hydrogens is 238 g/mol. The first-order valence-electron chi connectivity index (χ1n) is 6.95. The van der Waals surface area contributed by atoms with Crippen LogP contribution in [0.15, 0.2) is 37.1 Å². The first-order chi connectivity index (χ1) is 9.42. The molecule has 0 aromatic carbocycles. The van der Waals surface area contributed by atoms with Crippen molar-refractivity contribution in [1.29, 1.82) is 0 Å². The molecule has 2 fully saturated rings. The topological polar surface area (TPSA) is 46.8 Å². The van der Waals surface area contributed by atoms with Gasteiger partial charge in [0, 0.05) is 36.9 Å². The van der Waals surface area contributed by atoms with E-state index in [1.54, 1.807) is 12.4 Å². The Balaban J connectivity index is 1.60. The smallest absolute Gasteiger partial charge is 0.147 e. The maximum Gasteiger partial charge on any atom is 0.147 e. The molecule has 2 aromatic heterocycles. The third-order valence-electron chi connectivity index (χ3n) is 4.42. The average Bonchev–Trinajstić information content (AvgIpc) is 3.07. The van der Waals surface area contributed by atoms with Crippen LogP contribution in [0.2, 0.25) is 0 Å². The van der Waals surface area contributed by atoms with Gasteiger partial charge in [-0.3, -0.25) is 9.67 Å². The summed E-state index contributed by atoms with van der Waals surface area (Å²) < 4.78 is 2.12. The highest BCUT2D eigenvalue weighted by molar-refractivity contribution is 5.41. The summed E-state index contributed by atoms with van der Waals surface area (Å²) in [7, 11) is 0. The lowest BCUT2D eigenvalue weighted by Crippen LogP contribution is -2.44. The fourth-order valence-electron chi connectivity index (χ4n) is 3.66. The molecular formula is C14H17N5. The van der Waals surface area contributed by atoms with Crippen molar-refractivity contribution in [2.75, 3.05) is 4.90 Å². The van der Waals surface area contributed by atoms with Crippen molar-refractivity contribution >= 4 is 5.82 Å². The largest absolute Gasteiger partial charge is 0.349 e. The Kier molecular flexibility index (Phi) is 2.50. The van der Waals surface area contributed by atoms with E-state index >= 15 is 0 Å². The number of hydrogen-bond acceptors (Lipinski definition) is 4. The molecule has 2 saturated heterocycles. The molecule has 2 atom stereocenters. The van der Waals surface area contributed by atoms with Gasteiger partial charge in [-0.15, -0.1) is 0 Å². The number of aromatic nitrogens is 4. The SMILES string of the molecule is c1cnn(C2CC3CCC(C2)N3c2cnccn2)c1. The van der Waals surface area contributed by atoms with E-state index in [2.05, 4.69) is 30.8 Å². The molecule has 0 spiro atoms. The van der Waals surface area contributed by atoms with E-state index in [1.165, 1.54) is 12.8 Å². The van der Waals surface area contributed by atoms with Crippen molar-refractivity contribution in [3.63, 3.8) is 0 Å². The van der Waals surface area contributed by atoms with Crippen LogP contribution in [0.1, 0.15) is 31.7 Å². The molecule has 5 nitrogen and oxygen atoms in total. The van der Waals surface area contributed by atoms with Gasteiger partial charge < -0.3 is 4.90 Å². The van der Waals surface area contributed by atoms with Gasteiger partial charge in [-0.05, 0) is 31.7 Å². The second kappa shape index (κ2) is 4.33. The Morgan fingerprint density at radius 2 is 1.84 bits per heavy atom. The van der Waals surface area contributed by atoms with Gasteiger partial charge in [0.2, 0.25) is 0 Å². The van der Waals surface area contributed by atoms with Crippen LogP contribution in [-0.4, -0.2) is 31.8 Å². The number of piperidine rings is 1. The van der Waals surface area contributed by atoms with Gasteiger partial charge in [0.15, 0.2) is 0 Å². The van der Waals surface area contributed by atoms with Crippen LogP contribution in [-0.2, 0) is 0 Å². The van der Waals surface area contributed by atoms with E-state index in [4.69, 9.17) is 0 Å². The molecule has 2 aromatic rings. The Hall–Kier alpha value is -1.91. The Labute approximate surface area is 112 Å². The van der Waals surface area contributed by atoms with Crippen LogP contribution in [0.5, 0.6) is 0 Å². The van der Waals surface area contributed by atoms with Gasteiger partial charge in [-0.1, -0.05) is 0 Å². The number of rotatable bonds is 2. The van der Waals surface area contributed by atoms with E-state index in [1.807, 2.05) is 18.5 Å². The minimum atomic E-state index is 0.542. The summed E-state index contributed by atoms with van der Waals surface area (Å²) in [5.41, 5.74) is 0. The van der Waals surface area contributed by atoms with Crippen molar-refractivity contribution in [1.82, 2.24) is 19.7 Å². The Morgan fingerprint density at radius 1 is 1.00 bits per heavy atom. The Bertz CT molecular complexity index is 524. The number of fused-ring (bicyclic) bond motifs is 2. The van der Waals surface area contributed by atoms with Crippen LogP contribution >= 0.6 is 0 Å². The predicted molar refractivity (Wildman–Crippen MR) is 71.8 cm³/mol. The summed E-state index contributed by atoms with van der Waals surface area (Å²) >= 11 is 0. The highest BCUT2D eigenvalue weighted by atomic mass is 15.3. The molecule has 4 rings (SSSR count). The monoisotopic (exact) mass is 255 g/mol. The molecule has 2 unspecified atom stereocenters. The molecule has 0 aliphatic carbocycles. The van der Waals surface area contributed by atoms with Gasteiger partial charge in [-0.2, -0.15) is 5.10 Å². The second-order valence-corrected chi connectivity index (χ2v) is 5.47. The standard InChI is InChI=1S/C14H17N5/c1-4-17-18(7-1)13-8-11-2-3-12(9-13)19(11)14-10-15-5-6-16-14/h1,4-7,10-13H,2-3,8-9H2. The third-order valence-corrected chi connectivity index (χ3v) is 4.42. The first kappa shape index (κ1) is 11.0. The van der Waals surface area contributed by atoms with E-state index in [0.717, 1.165) is 18.7 Å². The lowest BCUT2D eigenvalue weighted by Gasteiger charge is -2.39. The fourth-order valence-corrected chi connectivity index (χ4v) is 3.66. The predicted octanol–water partition coefficient (Wildman–Crippen LogP) is 2.05. The molecule has 5 heteroatoms. The summed E-state index contributed by atoms with van der Waals surface area (Å²) in [6, 6.07) is 3.73. The highest BCUT2D eigenvalue weighted by Gasteiger charge is 2.42. The summed E-state index contributed by atoms with van der Waals surface area (Å²) in [6.07, 6.45) is 14.2. The minimum Gasteiger partial charge on any atom is -0.349 e. The molecule has 2 aliphatic heterocycles. The van der Waals surface area contributed by atoms with Crippen LogP contribution < -0.4 is 4.90 Å². The zero-order chi connectivity index (χ0) is 12.7. The summed E-state index contributed by atoms with van der Waals surface area (Å²) in [5.74, 6) is 1.04. The molecule has 0 saturated carbocycles. The van der Waals surface area contributed by atoms with E-state index in [-0.39, 0.29) is 0 Å². The molecule has 0 N–H and O–H groups in total. The summed E-state index contributed by atoms with van der Waals surface area (Å²) in [4.78, 5) is 11.2. The number of nitrogens with zero attached hydrogens (tertiary/aromatic N) is 5. The van der Waals surface area contributed by atoms with Crippen molar-refractivity contribution in [2.45, 2.75) is 43.8 Å². The second-order valence-electron chi connectivity index (χ2n) is 5.47. The summed E-state index contributed by atoms with van der Waals surface area (Å²) in [6.45, 7) is 0. The molecule has 0 amide bonds. The van der Waals surface area contributed by atoms with Gasteiger partial charge in [0.1, 0.15) is 5.82 Å². The molecule has 0 radical (unpaired) electrons.